The number of methoxy groups -OCH3 is 1. The van der Waals surface area contributed by atoms with Crippen LogP contribution >= 0.6 is 11.8 Å². The number of carbonyl (C=O) groups is 1. The SMILES string of the molecule is COC(=O)c1ccc(CSc2ccc(C)c(C)c2)nc1. The Labute approximate surface area is 123 Å². The zero-order chi connectivity index (χ0) is 14.5. The molecule has 104 valence electrons. The summed E-state index contributed by atoms with van der Waals surface area (Å²) in [4.78, 5) is 16.8. The van der Waals surface area contributed by atoms with Crippen LogP contribution in [-0.4, -0.2) is 18.1 Å². The molecule has 0 aliphatic heterocycles. The molecule has 1 aromatic carbocycles. The fourth-order valence-electron chi connectivity index (χ4n) is 1.71. The second-order valence-electron chi connectivity index (χ2n) is 4.56. The monoisotopic (exact) mass is 287 g/mol. The maximum Gasteiger partial charge on any atom is 0.339 e. The minimum absolute atomic E-state index is 0.356. The summed E-state index contributed by atoms with van der Waals surface area (Å²) in [5.74, 6) is 0.426. The van der Waals surface area contributed by atoms with Crippen molar-refractivity contribution in [3.63, 3.8) is 0 Å². The Hall–Kier alpha value is -1.81. The number of thioether (sulfide) groups is 1. The number of hydrogen-bond acceptors (Lipinski definition) is 4. The van der Waals surface area contributed by atoms with Gasteiger partial charge in [0.2, 0.25) is 0 Å². The Morgan fingerprint density at radius 1 is 1.20 bits per heavy atom. The molecule has 2 aromatic rings. The van der Waals surface area contributed by atoms with Gasteiger partial charge in [0, 0.05) is 16.8 Å². The van der Waals surface area contributed by atoms with E-state index in [4.69, 9.17) is 0 Å². The molecule has 2 rings (SSSR count). The highest BCUT2D eigenvalue weighted by Crippen LogP contribution is 2.24. The van der Waals surface area contributed by atoms with Crippen molar-refractivity contribution in [3.8, 4) is 0 Å². The minimum Gasteiger partial charge on any atom is -0.465 e. The number of pyridine rings is 1. The molecule has 1 aromatic heterocycles. The maximum atomic E-state index is 11.3. The molecule has 3 nitrogen and oxygen atoms in total. The predicted octanol–water partition coefficient (Wildman–Crippen LogP) is 3.78. The fraction of sp³-hybridized carbons (Fsp3) is 0.250. The van der Waals surface area contributed by atoms with E-state index >= 15 is 0 Å². The topological polar surface area (TPSA) is 39.2 Å². The highest BCUT2D eigenvalue weighted by atomic mass is 32.2. The number of hydrogen-bond donors (Lipinski definition) is 0. The van der Waals surface area contributed by atoms with Gasteiger partial charge in [-0.3, -0.25) is 4.98 Å². The largest absolute Gasteiger partial charge is 0.465 e. The molecule has 0 aliphatic carbocycles. The van der Waals surface area contributed by atoms with Crippen LogP contribution in [0.25, 0.3) is 0 Å². The third kappa shape index (κ3) is 3.61. The Morgan fingerprint density at radius 2 is 2.00 bits per heavy atom. The third-order valence-corrected chi connectivity index (χ3v) is 4.14. The first-order valence-electron chi connectivity index (χ1n) is 6.33. The summed E-state index contributed by atoms with van der Waals surface area (Å²) in [6.07, 6.45) is 1.56. The smallest absolute Gasteiger partial charge is 0.339 e. The molecular formula is C16H17NO2S. The van der Waals surface area contributed by atoms with Gasteiger partial charge in [-0.05, 0) is 49.2 Å². The van der Waals surface area contributed by atoms with Crippen LogP contribution in [0.15, 0.2) is 41.4 Å². The number of ether oxygens (including phenoxy) is 1. The number of nitrogens with zero attached hydrogens (tertiary/aromatic N) is 1. The number of aromatic nitrogens is 1. The Kier molecular flexibility index (Phi) is 4.79. The first-order chi connectivity index (χ1) is 9.60. The van der Waals surface area contributed by atoms with E-state index in [0.717, 1.165) is 11.4 Å². The lowest BCUT2D eigenvalue weighted by Gasteiger charge is -2.05. The summed E-state index contributed by atoms with van der Waals surface area (Å²) in [6.45, 7) is 4.22. The molecular weight excluding hydrogens is 270 g/mol. The lowest BCUT2D eigenvalue weighted by Crippen LogP contribution is -2.02. The van der Waals surface area contributed by atoms with E-state index in [1.54, 1.807) is 24.0 Å². The standard InChI is InChI=1S/C16H17NO2S/c1-11-4-7-15(8-12(11)2)20-10-14-6-5-13(9-17-14)16(18)19-3/h4-9H,10H2,1-3H3. The van der Waals surface area contributed by atoms with Crippen molar-refractivity contribution >= 4 is 17.7 Å². The van der Waals surface area contributed by atoms with E-state index in [9.17, 15) is 4.79 Å². The number of rotatable bonds is 4. The van der Waals surface area contributed by atoms with E-state index < -0.39 is 0 Å². The molecule has 4 heteroatoms. The van der Waals surface area contributed by atoms with Crippen molar-refractivity contribution in [1.29, 1.82) is 0 Å². The normalized spacial score (nSPS) is 10.3. The van der Waals surface area contributed by atoms with Gasteiger partial charge in [-0.2, -0.15) is 0 Å². The zero-order valence-electron chi connectivity index (χ0n) is 11.8. The van der Waals surface area contributed by atoms with E-state index in [-0.39, 0.29) is 5.97 Å². The summed E-state index contributed by atoms with van der Waals surface area (Å²) >= 11 is 1.74. The molecule has 0 N–H and O–H groups in total. The van der Waals surface area contributed by atoms with Crippen LogP contribution in [0.2, 0.25) is 0 Å². The third-order valence-electron chi connectivity index (χ3n) is 3.11. The number of carbonyl (C=O) groups excluding carboxylic acids is 1. The van der Waals surface area contributed by atoms with Crippen LogP contribution in [0, 0.1) is 13.8 Å². The van der Waals surface area contributed by atoms with E-state index in [2.05, 4.69) is 41.8 Å². The fourth-order valence-corrected chi connectivity index (χ4v) is 2.62. The highest BCUT2D eigenvalue weighted by Gasteiger charge is 2.06. The van der Waals surface area contributed by atoms with Crippen molar-refractivity contribution in [2.45, 2.75) is 24.5 Å². The van der Waals surface area contributed by atoms with E-state index in [1.165, 1.54) is 23.1 Å². The lowest BCUT2D eigenvalue weighted by atomic mass is 10.1. The van der Waals surface area contributed by atoms with Gasteiger partial charge in [0.25, 0.3) is 0 Å². The molecule has 0 spiro atoms. The van der Waals surface area contributed by atoms with Crippen LogP contribution in [-0.2, 0) is 10.5 Å². The first kappa shape index (κ1) is 14.6. The van der Waals surface area contributed by atoms with Gasteiger partial charge < -0.3 is 4.74 Å². The molecule has 0 fully saturated rings. The lowest BCUT2D eigenvalue weighted by molar-refractivity contribution is 0.0600. The molecule has 0 atom stereocenters. The molecule has 1 heterocycles. The summed E-state index contributed by atoms with van der Waals surface area (Å²) in [5, 5.41) is 0. The second-order valence-corrected chi connectivity index (χ2v) is 5.61. The van der Waals surface area contributed by atoms with Gasteiger partial charge in [-0.1, -0.05) is 6.07 Å². The Morgan fingerprint density at radius 3 is 2.60 bits per heavy atom. The van der Waals surface area contributed by atoms with Crippen LogP contribution in [0.5, 0.6) is 0 Å². The van der Waals surface area contributed by atoms with Crippen LogP contribution in [0.1, 0.15) is 27.2 Å². The first-order valence-corrected chi connectivity index (χ1v) is 7.32. The van der Waals surface area contributed by atoms with Gasteiger partial charge in [-0.15, -0.1) is 11.8 Å². The average Bonchev–Trinajstić information content (AvgIpc) is 2.48. The molecule has 0 saturated heterocycles. The summed E-state index contributed by atoms with van der Waals surface area (Å²) < 4.78 is 4.65. The van der Waals surface area contributed by atoms with Gasteiger partial charge >= 0.3 is 5.97 Å². The molecule has 0 radical (unpaired) electrons. The average molecular weight is 287 g/mol. The summed E-state index contributed by atoms with van der Waals surface area (Å²) in [6, 6.07) is 10.0. The quantitative estimate of drug-likeness (QED) is 0.634. The predicted molar refractivity (Wildman–Crippen MR) is 81.1 cm³/mol. The number of aryl methyl sites for hydroxylation is 2. The Balaban J connectivity index is 2.00. The highest BCUT2D eigenvalue weighted by molar-refractivity contribution is 7.98. The van der Waals surface area contributed by atoms with Gasteiger partial charge in [0.05, 0.1) is 18.4 Å². The maximum absolute atomic E-state index is 11.3. The van der Waals surface area contributed by atoms with Crippen LogP contribution in [0.3, 0.4) is 0 Å². The summed E-state index contributed by atoms with van der Waals surface area (Å²) in [5.41, 5.74) is 4.02. The molecule has 0 aliphatic rings. The van der Waals surface area contributed by atoms with Crippen molar-refractivity contribution in [3.05, 3.63) is 58.9 Å². The van der Waals surface area contributed by atoms with Gasteiger partial charge in [0.15, 0.2) is 0 Å². The molecule has 0 unspecified atom stereocenters. The molecule has 20 heavy (non-hydrogen) atoms. The van der Waals surface area contributed by atoms with Crippen molar-refractivity contribution < 1.29 is 9.53 Å². The molecule has 0 amide bonds. The summed E-state index contributed by atoms with van der Waals surface area (Å²) in [7, 11) is 1.37. The van der Waals surface area contributed by atoms with Gasteiger partial charge in [-0.25, -0.2) is 4.79 Å². The molecule has 0 saturated carbocycles. The second kappa shape index (κ2) is 6.57. The van der Waals surface area contributed by atoms with Crippen LogP contribution < -0.4 is 0 Å². The Bertz CT molecular complexity index is 608. The van der Waals surface area contributed by atoms with Crippen molar-refractivity contribution in [2.24, 2.45) is 0 Å². The van der Waals surface area contributed by atoms with Gasteiger partial charge in [0.1, 0.15) is 0 Å². The zero-order valence-corrected chi connectivity index (χ0v) is 12.7. The van der Waals surface area contributed by atoms with Crippen molar-refractivity contribution in [2.75, 3.05) is 7.11 Å². The van der Waals surface area contributed by atoms with Crippen LogP contribution in [0.4, 0.5) is 0 Å². The van der Waals surface area contributed by atoms with Crippen molar-refractivity contribution in [1.82, 2.24) is 4.98 Å². The number of benzene rings is 1. The van der Waals surface area contributed by atoms with E-state index in [0.29, 0.717) is 5.56 Å². The molecule has 0 bridgehead atoms. The van der Waals surface area contributed by atoms with E-state index in [1.807, 2.05) is 6.07 Å². The minimum atomic E-state index is -0.356. The number of esters is 1.